The van der Waals surface area contributed by atoms with Gasteiger partial charge in [-0.15, -0.1) is 0 Å². The van der Waals surface area contributed by atoms with Gasteiger partial charge in [-0.3, -0.25) is 4.57 Å². The second-order valence-electron chi connectivity index (χ2n) is 8.10. The first kappa shape index (κ1) is 17.2. The van der Waals surface area contributed by atoms with Crippen LogP contribution in [0.1, 0.15) is 17.0 Å². The van der Waals surface area contributed by atoms with Gasteiger partial charge in [-0.2, -0.15) is 0 Å². The van der Waals surface area contributed by atoms with Gasteiger partial charge in [0.25, 0.3) is 0 Å². The number of nitrogens with zero attached hydrogens (tertiary/aromatic N) is 3. The SMILES string of the molecule is Cc1cc2c(cc1-c1cc(-c3ccccc3)cc[n+]1C)Cc1nc3ccccc3n1-2. The molecule has 0 fully saturated rings. The highest BCUT2D eigenvalue weighted by atomic mass is 15.1. The van der Waals surface area contributed by atoms with Crippen molar-refractivity contribution in [2.75, 3.05) is 0 Å². The highest BCUT2D eigenvalue weighted by molar-refractivity contribution is 5.81. The van der Waals surface area contributed by atoms with Gasteiger partial charge in [-0.05, 0) is 53.4 Å². The minimum absolute atomic E-state index is 0.874. The Hall–Kier alpha value is -3.72. The van der Waals surface area contributed by atoms with E-state index in [2.05, 4.69) is 108 Å². The molecule has 3 heterocycles. The number of aromatic nitrogens is 3. The van der Waals surface area contributed by atoms with E-state index >= 15 is 0 Å². The normalized spacial score (nSPS) is 12.2. The average molecular weight is 388 g/mol. The molecule has 0 spiro atoms. The summed E-state index contributed by atoms with van der Waals surface area (Å²) in [6, 6.07) is 28.1. The maximum Gasteiger partial charge on any atom is 0.213 e. The molecule has 3 aromatic carbocycles. The summed E-state index contributed by atoms with van der Waals surface area (Å²) in [5, 5.41) is 0. The Labute approximate surface area is 175 Å². The minimum Gasteiger partial charge on any atom is -0.296 e. The van der Waals surface area contributed by atoms with Crippen molar-refractivity contribution in [3.05, 3.63) is 102 Å². The van der Waals surface area contributed by atoms with E-state index in [4.69, 9.17) is 4.98 Å². The van der Waals surface area contributed by atoms with Gasteiger partial charge in [0.1, 0.15) is 12.9 Å². The second-order valence-corrected chi connectivity index (χ2v) is 8.10. The first-order valence-electron chi connectivity index (χ1n) is 10.3. The van der Waals surface area contributed by atoms with Gasteiger partial charge in [0.15, 0.2) is 6.20 Å². The second kappa shape index (κ2) is 6.39. The van der Waals surface area contributed by atoms with Gasteiger partial charge < -0.3 is 0 Å². The number of hydrogen-bond donors (Lipinski definition) is 0. The van der Waals surface area contributed by atoms with Crippen molar-refractivity contribution in [3.8, 4) is 28.1 Å². The third-order valence-electron chi connectivity index (χ3n) is 6.18. The number of pyridine rings is 1. The average Bonchev–Trinajstić information content (AvgIpc) is 3.30. The maximum absolute atomic E-state index is 4.87. The van der Waals surface area contributed by atoms with Crippen LogP contribution in [0.4, 0.5) is 0 Å². The molecule has 0 N–H and O–H groups in total. The van der Waals surface area contributed by atoms with E-state index in [9.17, 15) is 0 Å². The van der Waals surface area contributed by atoms with Crippen LogP contribution in [0.2, 0.25) is 0 Å². The number of imidazole rings is 1. The standard InChI is InChI=1S/C27H22N3/c1-18-14-25-21(17-27-28-23-10-6-7-11-24(23)30(25)27)15-22(18)26-16-20(12-13-29(26)2)19-8-4-3-5-9-19/h3-16H,17H2,1-2H3/q+1. The van der Waals surface area contributed by atoms with Gasteiger partial charge >= 0.3 is 0 Å². The molecule has 5 aromatic rings. The van der Waals surface area contributed by atoms with Crippen LogP contribution in [0, 0.1) is 6.92 Å². The molecule has 3 heteroatoms. The van der Waals surface area contributed by atoms with Crippen molar-refractivity contribution >= 4 is 11.0 Å². The molecular formula is C27H22N3+. The lowest BCUT2D eigenvalue weighted by Crippen LogP contribution is -2.30. The van der Waals surface area contributed by atoms with Crippen molar-refractivity contribution in [1.29, 1.82) is 0 Å². The Balaban J connectivity index is 1.51. The predicted molar refractivity (Wildman–Crippen MR) is 121 cm³/mol. The van der Waals surface area contributed by atoms with Crippen molar-refractivity contribution in [2.24, 2.45) is 7.05 Å². The van der Waals surface area contributed by atoms with Gasteiger partial charge in [0, 0.05) is 24.1 Å². The van der Waals surface area contributed by atoms with E-state index in [-0.39, 0.29) is 0 Å². The third-order valence-corrected chi connectivity index (χ3v) is 6.18. The van der Waals surface area contributed by atoms with Gasteiger partial charge in [0.05, 0.1) is 16.7 Å². The van der Waals surface area contributed by atoms with E-state index in [1.807, 2.05) is 0 Å². The number of hydrogen-bond acceptors (Lipinski definition) is 1. The molecule has 0 saturated heterocycles. The molecule has 3 nitrogen and oxygen atoms in total. The molecule has 1 aliphatic rings. The van der Waals surface area contributed by atoms with Crippen molar-refractivity contribution in [2.45, 2.75) is 13.3 Å². The van der Waals surface area contributed by atoms with Crippen LogP contribution >= 0.6 is 0 Å². The third kappa shape index (κ3) is 2.52. The van der Waals surface area contributed by atoms with Crippen molar-refractivity contribution in [1.82, 2.24) is 9.55 Å². The number of benzene rings is 3. The molecule has 0 aliphatic carbocycles. The van der Waals surface area contributed by atoms with E-state index in [1.54, 1.807) is 0 Å². The predicted octanol–water partition coefficient (Wildman–Crippen LogP) is 5.40. The fourth-order valence-electron chi connectivity index (χ4n) is 4.64. The Kier molecular flexibility index (Phi) is 3.66. The summed E-state index contributed by atoms with van der Waals surface area (Å²) in [6.45, 7) is 2.21. The number of rotatable bonds is 2. The van der Waals surface area contributed by atoms with E-state index < -0.39 is 0 Å². The van der Waals surface area contributed by atoms with Crippen LogP contribution in [0.3, 0.4) is 0 Å². The van der Waals surface area contributed by atoms with Gasteiger partial charge in [-0.1, -0.05) is 42.5 Å². The quantitative estimate of drug-likeness (QED) is 0.364. The highest BCUT2D eigenvalue weighted by Gasteiger charge is 2.25. The van der Waals surface area contributed by atoms with Crippen LogP contribution < -0.4 is 4.57 Å². The molecule has 0 amide bonds. The van der Waals surface area contributed by atoms with Crippen LogP contribution in [-0.4, -0.2) is 9.55 Å². The van der Waals surface area contributed by atoms with Crippen molar-refractivity contribution < 1.29 is 4.57 Å². The Bertz CT molecular complexity index is 1430. The molecule has 0 atom stereocenters. The summed E-state index contributed by atoms with van der Waals surface area (Å²) in [6.07, 6.45) is 3.03. The van der Waals surface area contributed by atoms with Gasteiger partial charge in [0.2, 0.25) is 5.69 Å². The summed E-state index contributed by atoms with van der Waals surface area (Å²) in [7, 11) is 2.12. The molecular weight excluding hydrogens is 366 g/mol. The number of aryl methyl sites for hydroxylation is 2. The molecule has 0 bridgehead atoms. The first-order valence-corrected chi connectivity index (χ1v) is 10.3. The van der Waals surface area contributed by atoms with Gasteiger partial charge in [-0.25, -0.2) is 9.55 Å². The Morgan fingerprint density at radius 3 is 2.53 bits per heavy atom. The fourth-order valence-corrected chi connectivity index (χ4v) is 4.64. The molecule has 144 valence electrons. The minimum atomic E-state index is 0.874. The summed E-state index contributed by atoms with van der Waals surface area (Å²) >= 11 is 0. The Morgan fingerprint density at radius 1 is 0.867 bits per heavy atom. The lowest BCUT2D eigenvalue weighted by molar-refractivity contribution is -0.660. The fraction of sp³-hybridized carbons (Fsp3) is 0.111. The molecule has 6 rings (SSSR count). The maximum atomic E-state index is 4.87. The lowest BCUT2D eigenvalue weighted by atomic mass is 9.97. The summed E-state index contributed by atoms with van der Waals surface area (Å²) in [5.41, 5.74) is 11.1. The summed E-state index contributed by atoms with van der Waals surface area (Å²) in [5.74, 6) is 1.13. The number of fused-ring (bicyclic) bond motifs is 5. The summed E-state index contributed by atoms with van der Waals surface area (Å²) < 4.78 is 4.53. The lowest BCUT2D eigenvalue weighted by Gasteiger charge is -2.11. The zero-order valence-electron chi connectivity index (χ0n) is 17.1. The zero-order chi connectivity index (χ0) is 20.2. The topological polar surface area (TPSA) is 21.7 Å². The molecule has 0 radical (unpaired) electrons. The summed E-state index contributed by atoms with van der Waals surface area (Å²) in [4.78, 5) is 4.87. The first-order chi connectivity index (χ1) is 14.7. The van der Waals surface area contributed by atoms with E-state index in [0.717, 1.165) is 17.8 Å². The van der Waals surface area contributed by atoms with Crippen LogP contribution in [0.5, 0.6) is 0 Å². The van der Waals surface area contributed by atoms with Crippen molar-refractivity contribution in [3.63, 3.8) is 0 Å². The largest absolute Gasteiger partial charge is 0.296 e. The molecule has 0 saturated carbocycles. The monoisotopic (exact) mass is 388 g/mol. The molecule has 0 unspecified atom stereocenters. The van der Waals surface area contributed by atoms with Crippen LogP contribution in [0.15, 0.2) is 85.1 Å². The van der Waals surface area contributed by atoms with E-state index in [1.165, 1.54) is 44.7 Å². The molecule has 30 heavy (non-hydrogen) atoms. The number of para-hydroxylation sites is 2. The smallest absolute Gasteiger partial charge is 0.213 e. The molecule has 2 aromatic heterocycles. The zero-order valence-corrected chi connectivity index (χ0v) is 17.1. The highest BCUT2D eigenvalue weighted by Crippen LogP contribution is 2.36. The molecule has 1 aliphatic heterocycles. The van der Waals surface area contributed by atoms with Crippen LogP contribution in [0.25, 0.3) is 39.1 Å². The Morgan fingerprint density at radius 2 is 1.67 bits per heavy atom. The van der Waals surface area contributed by atoms with E-state index in [0.29, 0.717) is 0 Å². The van der Waals surface area contributed by atoms with Crippen LogP contribution in [-0.2, 0) is 13.5 Å².